The number of urea groups is 1. The molecule has 0 saturated carbocycles. The lowest BCUT2D eigenvalue weighted by atomic mass is 9.89. The van der Waals surface area contributed by atoms with Crippen molar-refractivity contribution in [1.82, 2.24) is 10.2 Å². The first-order chi connectivity index (χ1) is 21.1. The molecule has 3 aromatic rings. The average molecular weight is 586 g/mol. The van der Waals surface area contributed by atoms with Gasteiger partial charge in [0.1, 0.15) is 5.75 Å². The summed E-state index contributed by atoms with van der Waals surface area (Å²) >= 11 is 0. The maximum atomic E-state index is 13.5. The van der Waals surface area contributed by atoms with E-state index in [1.54, 1.807) is 18.2 Å². The van der Waals surface area contributed by atoms with Gasteiger partial charge >= 0.3 is 6.03 Å². The number of amides is 3. The minimum absolute atomic E-state index is 0.134. The number of nitrogens with zero attached hydrogens (tertiary/aromatic N) is 2. The van der Waals surface area contributed by atoms with Gasteiger partial charge in [0.25, 0.3) is 5.91 Å². The van der Waals surface area contributed by atoms with Gasteiger partial charge < -0.3 is 30.3 Å². The predicted octanol–water partition coefficient (Wildman–Crippen LogP) is 5.25. The van der Waals surface area contributed by atoms with E-state index in [1.165, 1.54) is 5.56 Å². The molecule has 0 bridgehead atoms. The van der Waals surface area contributed by atoms with Gasteiger partial charge in [0.15, 0.2) is 0 Å². The van der Waals surface area contributed by atoms with Crippen LogP contribution in [0.4, 0.5) is 21.9 Å². The highest BCUT2D eigenvalue weighted by Gasteiger charge is 2.24. The summed E-state index contributed by atoms with van der Waals surface area (Å²) in [6.45, 7) is 8.81. The maximum absolute atomic E-state index is 13.5. The number of hydrogen-bond donors (Lipinski definition) is 3. The first kappa shape index (κ1) is 30.4. The standard InChI is InChI=1S/C34H43N5O4/c1-2-43-30-11-8-28(9-12-30)36-34(41)37-29-10-13-32(31(25-29)33(40)35-16-19-38-20-22-42-23-21-38)39-17-14-27(15-18-39)24-26-6-4-3-5-7-26/h3-13,25,27H,2,14-24H2,1H3,(H,35,40)(H2,36,37,41). The van der Waals surface area contributed by atoms with Crippen molar-refractivity contribution in [3.8, 4) is 5.75 Å². The van der Waals surface area contributed by atoms with Crippen LogP contribution >= 0.6 is 0 Å². The molecule has 2 aliphatic rings. The number of carbonyl (C=O) groups excluding carboxylic acids is 2. The van der Waals surface area contributed by atoms with Gasteiger partial charge in [-0.3, -0.25) is 9.69 Å². The molecule has 3 N–H and O–H groups in total. The largest absolute Gasteiger partial charge is 0.494 e. The first-order valence-corrected chi connectivity index (χ1v) is 15.4. The van der Waals surface area contributed by atoms with Crippen LogP contribution in [0.1, 0.15) is 35.7 Å². The molecular formula is C34H43N5O4. The Morgan fingerprint density at radius 2 is 1.58 bits per heavy atom. The first-order valence-electron chi connectivity index (χ1n) is 15.4. The van der Waals surface area contributed by atoms with E-state index in [4.69, 9.17) is 9.47 Å². The summed E-state index contributed by atoms with van der Waals surface area (Å²) in [6, 6.07) is 23.1. The molecule has 3 amide bonds. The molecule has 0 radical (unpaired) electrons. The van der Waals surface area contributed by atoms with Crippen molar-refractivity contribution in [3.63, 3.8) is 0 Å². The zero-order valence-corrected chi connectivity index (χ0v) is 25.0. The lowest BCUT2D eigenvalue weighted by Crippen LogP contribution is -2.41. The fourth-order valence-corrected chi connectivity index (χ4v) is 5.74. The molecule has 2 aliphatic heterocycles. The maximum Gasteiger partial charge on any atom is 0.323 e. The SMILES string of the molecule is CCOc1ccc(NC(=O)Nc2ccc(N3CCC(Cc4ccccc4)CC3)c(C(=O)NCCN3CCOCC3)c2)cc1. The lowest BCUT2D eigenvalue weighted by molar-refractivity contribution is 0.0383. The zero-order valence-electron chi connectivity index (χ0n) is 25.0. The van der Waals surface area contributed by atoms with Crippen LogP contribution in [0.15, 0.2) is 72.8 Å². The van der Waals surface area contributed by atoms with Crippen LogP contribution in [-0.4, -0.2) is 75.9 Å². The average Bonchev–Trinajstić information content (AvgIpc) is 3.03. The summed E-state index contributed by atoms with van der Waals surface area (Å²) in [7, 11) is 0. The number of nitrogens with one attached hydrogen (secondary N) is 3. The number of benzene rings is 3. The Hall–Kier alpha value is -4.08. The second-order valence-electron chi connectivity index (χ2n) is 11.1. The van der Waals surface area contributed by atoms with E-state index in [0.717, 1.165) is 76.6 Å². The number of anilines is 3. The minimum atomic E-state index is -0.377. The van der Waals surface area contributed by atoms with Gasteiger partial charge in [-0.25, -0.2) is 4.79 Å². The molecule has 228 valence electrons. The van der Waals surface area contributed by atoms with Crippen molar-refractivity contribution in [2.24, 2.45) is 5.92 Å². The summed E-state index contributed by atoms with van der Waals surface area (Å²) in [4.78, 5) is 31.0. The van der Waals surface area contributed by atoms with Crippen LogP contribution < -0.4 is 25.6 Å². The summed E-state index contributed by atoms with van der Waals surface area (Å²) in [5.41, 5.74) is 4.06. The van der Waals surface area contributed by atoms with E-state index < -0.39 is 0 Å². The van der Waals surface area contributed by atoms with E-state index in [0.29, 0.717) is 36.0 Å². The number of carbonyl (C=O) groups is 2. The summed E-state index contributed by atoms with van der Waals surface area (Å²) in [6.07, 6.45) is 3.21. The van der Waals surface area contributed by atoms with Crippen LogP contribution in [-0.2, 0) is 11.2 Å². The monoisotopic (exact) mass is 585 g/mol. The third-order valence-electron chi connectivity index (χ3n) is 8.06. The molecule has 0 atom stereocenters. The van der Waals surface area contributed by atoms with Gasteiger partial charge in [-0.15, -0.1) is 0 Å². The van der Waals surface area contributed by atoms with E-state index in [1.807, 2.05) is 31.2 Å². The Labute approximate surface area is 254 Å². The van der Waals surface area contributed by atoms with E-state index >= 15 is 0 Å². The molecular weight excluding hydrogens is 542 g/mol. The Balaban J connectivity index is 1.24. The van der Waals surface area contributed by atoms with Crippen LogP contribution in [0, 0.1) is 5.92 Å². The highest BCUT2D eigenvalue weighted by atomic mass is 16.5. The lowest BCUT2D eigenvalue weighted by Gasteiger charge is -2.35. The second-order valence-corrected chi connectivity index (χ2v) is 11.1. The van der Waals surface area contributed by atoms with Gasteiger partial charge in [-0.05, 0) is 80.1 Å². The molecule has 2 fully saturated rings. The highest BCUT2D eigenvalue weighted by molar-refractivity contribution is 6.04. The quantitative estimate of drug-likeness (QED) is 0.285. The van der Waals surface area contributed by atoms with Gasteiger partial charge in [-0.1, -0.05) is 30.3 Å². The fourth-order valence-electron chi connectivity index (χ4n) is 5.74. The van der Waals surface area contributed by atoms with Crippen LogP contribution in [0.5, 0.6) is 5.75 Å². The topological polar surface area (TPSA) is 95.2 Å². The second kappa shape index (κ2) is 15.4. The van der Waals surface area contributed by atoms with Gasteiger partial charge in [0.05, 0.1) is 25.4 Å². The predicted molar refractivity (Wildman–Crippen MR) is 171 cm³/mol. The summed E-state index contributed by atoms with van der Waals surface area (Å²) in [5.74, 6) is 1.24. The normalized spacial score (nSPS) is 16.0. The third-order valence-corrected chi connectivity index (χ3v) is 8.06. The molecule has 5 rings (SSSR count). The van der Waals surface area contributed by atoms with Crippen molar-refractivity contribution in [3.05, 3.63) is 83.9 Å². The van der Waals surface area contributed by atoms with Crippen LogP contribution in [0.2, 0.25) is 0 Å². The van der Waals surface area contributed by atoms with Gasteiger partial charge in [0, 0.05) is 56.3 Å². The Bertz CT molecular complexity index is 1320. The Kier molecular flexibility index (Phi) is 10.9. The fraction of sp³-hybridized carbons (Fsp3) is 0.412. The van der Waals surface area contributed by atoms with Crippen molar-refractivity contribution in [2.45, 2.75) is 26.2 Å². The third kappa shape index (κ3) is 8.95. The van der Waals surface area contributed by atoms with Crippen molar-refractivity contribution >= 4 is 29.0 Å². The van der Waals surface area contributed by atoms with E-state index in [9.17, 15) is 9.59 Å². The number of morpholine rings is 1. The number of hydrogen-bond acceptors (Lipinski definition) is 6. The van der Waals surface area contributed by atoms with E-state index in [2.05, 4.69) is 56.1 Å². The molecule has 9 heteroatoms. The molecule has 0 unspecified atom stereocenters. The minimum Gasteiger partial charge on any atom is -0.494 e. The van der Waals surface area contributed by atoms with Crippen LogP contribution in [0.3, 0.4) is 0 Å². The highest BCUT2D eigenvalue weighted by Crippen LogP contribution is 2.30. The molecule has 43 heavy (non-hydrogen) atoms. The van der Waals surface area contributed by atoms with Gasteiger partial charge in [0.2, 0.25) is 0 Å². The zero-order chi connectivity index (χ0) is 29.9. The molecule has 0 aromatic heterocycles. The smallest absolute Gasteiger partial charge is 0.323 e. The summed E-state index contributed by atoms with van der Waals surface area (Å²) < 4.78 is 10.9. The molecule has 0 aliphatic carbocycles. The molecule has 3 aromatic carbocycles. The summed E-state index contributed by atoms with van der Waals surface area (Å²) in [5, 5.41) is 8.86. The Morgan fingerprint density at radius 3 is 2.30 bits per heavy atom. The van der Waals surface area contributed by atoms with Crippen LogP contribution in [0.25, 0.3) is 0 Å². The molecule has 2 heterocycles. The molecule has 0 spiro atoms. The van der Waals surface area contributed by atoms with Gasteiger partial charge in [-0.2, -0.15) is 0 Å². The van der Waals surface area contributed by atoms with Crippen molar-refractivity contribution < 1.29 is 19.1 Å². The molecule has 2 saturated heterocycles. The number of rotatable bonds is 11. The number of piperidine rings is 1. The van der Waals surface area contributed by atoms with Crippen molar-refractivity contribution in [1.29, 1.82) is 0 Å². The Morgan fingerprint density at radius 1 is 0.884 bits per heavy atom. The van der Waals surface area contributed by atoms with E-state index in [-0.39, 0.29) is 11.9 Å². The number of ether oxygens (including phenoxy) is 2. The molecule has 9 nitrogen and oxygen atoms in total. The van der Waals surface area contributed by atoms with Crippen molar-refractivity contribution in [2.75, 3.05) is 74.6 Å².